The fourth-order valence-corrected chi connectivity index (χ4v) is 4.46. The van der Waals surface area contributed by atoms with Gasteiger partial charge in [0.25, 0.3) is 0 Å². The summed E-state index contributed by atoms with van der Waals surface area (Å²) in [5, 5.41) is 0.0134. The zero-order valence-corrected chi connectivity index (χ0v) is 16.8. The first-order valence-corrected chi connectivity index (χ1v) is 10.5. The van der Waals surface area contributed by atoms with Crippen molar-refractivity contribution in [3.05, 3.63) is 22.5 Å². The number of carbonyl (C=O) groups is 2. The monoisotopic (exact) mass is 412 g/mol. The molecule has 2 aliphatic rings. The predicted molar refractivity (Wildman–Crippen MR) is 102 cm³/mol. The number of hydrogen-bond acceptors (Lipinski definition) is 6. The maximum absolute atomic E-state index is 13.6. The lowest BCUT2D eigenvalue weighted by atomic mass is 9.95. The first kappa shape index (κ1) is 20.6. The Morgan fingerprint density at radius 1 is 1.43 bits per heavy atom. The number of cyclic esters (lactones) is 1. The summed E-state index contributed by atoms with van der Waals surface area (Å²) in [5.74, 6) is -0.384. The summed E-state index contributed by atoms with van der Waals surface area (Å²) in [7, 11) is 0. The number of halogens is 1. The van der Waals surface area contributed by atoms with Gasteiger partial charge in [-0.1, -0.05) is 32.0 Å². The molecule has 10 heteroatoms. The number of rotatable bonds is 6. The smallest absolute Gasteiger partial charge is 0.410 e. The van der Waals surface area contributed by atoms with Crippen molar-refractivity contribution in [3.63, 3.8) is 0 Å². The number of ether oxygens (including phenoxy) is 1. The number of nitrogens with one attached hydrogen (secondary N) is 1. The van der Waals surface area contributed by atoms with E-state index in [0.717, 1.165) is 24.4 Å². The molecule has 0 saturated carbocycles. The fraction of sp³-hybridized carbons (Fsp3) is 0.667. The van der Waals surface area contributed by atoms with Crippen LogP contribution in [0.5, 0.6) is 0 Å². The molecule has 2 amide bonds. The third-order valence-electron chi connectivity index (χ3n) is 5.53. The Morgan fingerprint density at radius 2 is 2.14 bits per heavy atom. The standard InChI is InChI=1S/C18H25FN4O4S/c1-3-11(2)14-9-27-18(26)23(14)12-4-6-22(7-5-12)15(24)10-28-16-13(19)8-20-17(25)21-16/h8,11-12,14H,3-7,9-10H2,1-2H3,(H,20,21,25). The number of aromatic nitrogens is 2. The van der Waals surface area contributed by atoms with Gasteiger partial charge in [-0.3, -0.25) is 14.7 Å². The van der Waals surface area contributed by atoms with E-state index in [1.165, 1.54) is 0 Å². The van der Waals surface area contributed by atoms with Crippen molar-refractivity contribution in [3.8, 4) is 0 Å². The Balaban J connectivity index is 1.53. The molecule has 0 aliphatic carbocycles. The molecule has 28 heavy (non-hydrogen) atoms. The summed E-state index contributed by atoms with van der Waals surface area (Å²) in [6.45, 7) is 5.73. The highest BCUT2D eigenvalue weighted by Crippen LogP contribution is 2.29. The zero-order chi connectivity index (χ0) is 20.3. The van der Waals surface area contributed by atoms with Gasteiger partial charge in [0.15, 0.2) is 5.82 Å². The van der Waals surface area contributed by atoms with Crippen molar-refractivity contribution < 1.29 is 18.7 Å². The van der Waals surface area contributed by atoms with E-state index in [-0.39, 0.29) is 34.9 Å². The Morgan fingerprint density at radius 3 is 2.82 bits per heavy atom. The molecular weight excluding hydrogens is 387 g/mol. The molecule has 2 unspecified atom stereocenters. The molecule has 154 valence electrons. The van der Waals surface area contributed by atoms with Crippen molar-refractivity contribution in [2.45, 2.75) is 50.2 Å². The Labute approximate surface area is 166 Å². The lowest BCUT2D eigenvalue weighted by Crippen LogP contribution is -2.51. The second-order valence-corrected chi connectivity index (χ2v) is 8.19. The largest absolute Gasteiger partial charge is 0.447 e. The minimum absolute atomic E-state index is 0.0134. The number of likely N-dealkylation sites (tertiary alicyclic amines) is 1. The molecule has 0 radical (unpaired) electrons. The van der Waals surface area contributed by atoms with E-state index in [2.05, 4.69) is 23.8 Å². The highest BCUT2D eigenvalue weighted by molar-refractivity contribution is 7.99. The normalized spacial score (nSPS) is 21.7. The summed E-state index contributed by atoms with van der Waals surface area (Å²) < 4.78 is 18.9. The fourth-order valence-electron chi connectivity index (χ4n) is 3.66. The minimum atomic E-state index is -0.653. The topological polar surface area (TPSA) is 95.6 Å². The minimum Gasteiger partial charge on any atom is -0.447 e. The molecule has 3 rings (SSSR count). The van der Waals surface area contributed by atoms with Gasteiger partial charge in [0, 0.05) is 19.1 Å². The van der Waals surface area contributed by atoms with E-state index in [4.69, 9.17) is 4.74 Å². The zero-order valence-electron chi connectivity index (χ0n) is 16.0. The highest BCUT2D eigenvalue weighted by Gasteiger charge is 2.41. The number of thioether (sulfide) groups is 1. The van der Waals surface area contributed by atoms with Crippen LogP contribution in [-0.4, -0.2) is 69.3 Å². The number of hydrogen-bond donors (Lipinski definition) is 1. The van der Waals surface area contributed by atoms with Crippen LogP contribution in [0.2, 0.25) is 0 Å². The lowest BCUT2D eigenvalue weighted by molar-refractivity contribution is -0.129. The van der Waals surface area contributed by atoms with Crippen molar-refractivity contribution >= 4 is 23.8 Å². The third kappa shape index (κ3) is 4.48. The van der Waals surface area contributed by atoms with Crippen molar-refractivity contribution in [1.82, 2.24) is 19.8 Å². The number of aromatic amines is 1. The Hall–Kier alpha value is -2.10. The average Bonchev–Trinajstić information content (AvgIpc) is 3.09. The summed E-state index contributed by atoms with van der Waals surface area (Å²) in [6.07, 6.45) is 2.94. The second kappa shape index (κ2) is 8.93. The SMILES string of the molecule is CCC(C)C1COC(=O)N1C1CCN(C(=O)CSc2[nH]c(=O)ncc2F)CC1. The van der Waals surface area contributed by atoms with E-state index in [0.29, 0.717) is 38.5 Å². The average molecular weight is 412 g/mol. The molecule has 2 aliphatic heterocycles. The first-order valence-electron chi connectivity index (χ1n) is 9.51. The van der Waals surface area contributed by atoms with Gasteiger partial charge < -0.3 is 9.64 Å². The molecule has 0 aromatic carbocycles. The molecule has 1 aromatic rings. The summed E-state index contributed by atoms with van der Waals surface area (Å²) in [5.41, 5.74) is -0.648. The molecule has 1 aromatic heterocycles. The number of H-pyrrole nitrogens is 1. The van der Waals surface area contributed by atoms with Crippen molar-refractivity contribution in [1.29, 1.82) is 0 Å². The summed E-state index contributed by atoms with van der Waals surface area (Å²) >= 11 is 0.950. The van der Waals surface area contributed by atoms with Gasteiger partial charge in [0.2, 0.25) is 5.91 Å². The second-order valence-electron chi connectivity index (χ2n) is 7.20. The quantitative estimate of drug-likeness (QED) is 0.566. The van der Waals surface area contributed by atoms with Crippen LogP contribution in [0.25, 0.3) is 0 Å². The van der Waals surface area contributed by atoms with E-state index in [1.54, 1.807) is 4.90 Å². The number of nitrogens with zero attached hydrogens (tertiary/aromatic N) is 3. The first-order chi connectivity index (χ1) is 13.4. The molecule has 1 N–H and O–H groups in total. The maximum atomic E-state index is 13.6. The molecule has 2 atom stereocenters. The molecule has 2 fully saturated rings. The van der Waals surface area contributed by atoms with E-state index in [9.17, 15) is 18.8 Å². The van der Waals surface area contributed by atoms with Crippen LogP contribution in [0.4, 0.5) is 9.18 Å². The van der Waals surface area contributed by atoms with Crippen LogP contribution in [0.15, 0.2) is 16.0 Å². The predicted octanol–water partition coefficient (Wildman–Crippen LogP) is 1.86. The molecular formula is C18H25FN4O4S. The molecule has 8 nitrogen and oxygen atoms in total. The molecule has 0 spiro atoms. The summed E-state index contributed by atoms with van der Waals surface area (Å²) in [6, 6.07) is 0.159. The van der Waals surface area contributed by atoms with Crippen LogP contribution in [0.3, 0.4) is 0 Å². The highest BCUT2D eigenvalue weighted by atomic mass is 32.2. The van der Waals surface area contributed by atoms with Crippen LogP contribution in [0, 0.1) is 11.7 Å². The van der Waals surface area contributed by atoms with E-state index in [1.807, 2.05) is 4.90 Å². The van der Waals surface area contributed by atoms with E-state index < -0.39 is 11.5 Å². The number of piperidine rings is 1. The molecule has 2 saturated heterocycles. The van der Waals surface area contributed by atoms with Gasteiger partial charge in [0.1, 0.15) is 11.6 Å². The van der Waals surface area contributed by atoms with Gasteiger partial charge in [-0.25, -0.2) is 14.0 Å². The molecule has 3 heterocycles. The van der Waals surface area contributed by atoms with Crippen LogP contribution in [-0.2, 0) is 9.53 Å². The molecule has 0 bridgehead atoms. The third-order valence-corrected chi connectivity index (χ3v) is 6.51. The Bertz CT molecular complexity index is 781. The van der Waals surface area contributed by atoms with Crippen LogP contribution in [0.1, 0.15) is 33.1 Å². The van der Waals surface area contributed by atoms with E-state index >= 15 is 0 Å². The van der Waals surface area contributed by atoms with Crippen molar-refractivity contribution in [2.75, 3.05) is 25.4 Å². The Kier molecular flexibility index (Phi) is 6.58. The van der Waals surface area contributed by atoms with Gasteiger partial charge in [-0.2, -0.15) is 4.98 Å². The van der Waals surface area contributed by atoms with Gasteiger partial charge in [0.05, 0.1) is 18.0 Å². The van der Waals surface area contributed by atoms with Crippen LogP contribution >= 0.6 is 11.8 Å². The summed E-state index contributed by atoms with van der Waals surface area (Å²) in [4.78, 5) is 45.0. The van der Waals surface area contributed by atoms with Crippen molar-refractivity contribution in [2.24, 2.45) is 5.92 Å². The maximum Gasteiger partial charge on any atom is 0.410 e. The lowest BCUT2D eigenvalue weighted by Gasteiger charge is -2.39. The van der Waals surface area contributed by atoms with Gasteiger partial charge >= 0.3 is 11.8 Å². The van der Waals surface area contributed by atoms with Gasteiger partial charge in [-0.15, -0.1) is 0 Å². The number of carbonyl (C=O) groups excluding carboxylic acids is 2. The number of amides is 2. The van der Waals surface area contributed by atoms with Gasteiger partial charge in [-0.05, 0) is 18.8 Å². The van der Waals surface area contributed by atoms with Crippen LogP contribution < -0.4 is 5.69 Å².